The van der Waals surface area contributed by atoms with Gasteiger partial charge in [-0.25, -0.2) is 0 Å². The van der Waals surface area contributed by atoms with Gasteiger partial charge in [0, 0.05) is 47.7 Å². The third kappa shape index (κ3) is 9.32. The van der Waals surface area contributed by atoms with Crippen molar-refractivity contribution in [3.63, 3.8) is 0 Å². The molecule has 2 amide bonds. The monoisotopic (exact) mass is 594 g/mol. The standard InChI is InChI=1S/C30H28N6O2.2ClH.H2O/c37-27(35-25-11-7-23(8-12-25)29-31-17-18-32-29)15-5-21-1-2-22(4-3-21)6-16-28(38)36-26-13-9-24(10-14-26)30-33-19-20-34-30;;;/h1-16H,17-20H2,(H,31,32)(H,33,34)(H,35,37)(H,36,38);2*1H;1H2/b15-5+,16-6+;;;. The topological polar surface area (TPSA) is 138 Å². The molecule has 0 saturated heterocycles. The van der Waals surface area contributed by atoms with Gasteiger partial charge >= 0.3 is 0 Å². The van der Waals surface area contributed by atoms with Crippen molar-refractivity contribution in [2.75, 3.05) is 36.8 Å². The second-order valence-electron chi connectivity index (χ2n) is 8.78. The number of aliphatic imine (C=N–C) groups is 2. The molecule has 9 nitrogen and oxygen atoms in total. The molecule has 0 unspecified atom stereocenters. The Balaban J connectivity index is 0.00000196. The van der Waals surface area contributed by atoms with Crippen molar-refractivity contribution in [3.8, 4) is 0 Å². The van der Waals surface area contributed by atoms with Gasteiger partial charge in [0.05, 0.1) is 13.1 Å². The van der Waals surface area contributed by atoms with E-state index in [9.17, 15) is 9.59 Å². The van der Waals surface area contributed by atoms with E-state index in [1.165, 1.54) is 12.2 Å². The molecule has 0 aliphatic carbocycles. The lowest BCUT2D eigenvalue weighted by Gasteiger charge is -2.05. The SMILES string of the molecule is Cl.Cl.O.O=C(/C=C/c1ccc(/C=C/C(=O)Nc2ccc(C3=NCCN3)cc2)cc1)Nc1ccc(C2=NCCN2)cc1. The lowest BCUT2D eigenvalue weighted by atomic mass is 10.1. The molecule has 0 fully saturated rings. The maximum absolute atomic E-state index is 12.3. The van der Waals surface area contributed by atoms with Crippen LogP contribution in [0.2, 0.25) is 0 Å². The van der Waals surface area contributed by atoms with E-state index < -0.39 is 0 Å². The van der Waals surface area contributed by atoms with Crippen LogP contribution in [0.1, 0.15) is 22.3 Å². The van der Waals surface area contributed by atoms with Crippen LogP contribution in [-0.2, 0) is 9.59 Å². The maximum atomic E-state index is 12.3. The highest BCUT2D eigenvalue weighted by Crippen LogP contribution is 2.14. The van der Waals surface area contributed by atoms with Crippen LogP contribution < -0.4 is 21.3 Å². The third-order valence-electron chi connectivity index (χ3n) is 5.99. The molecular formula is C30H32Cl2N6O3. The highest BCUT2D eigenvalue weighted by molar-refractivity contribution is 6.04. The summed E-state index contributed by atoms with van der Waals surface area (Å²) in [6.07, 6.45) is 6.49. The molecule has 0 saturated carbocycles. The summed E-state index contributed by atoms with van der Waals surface area (Å²) < 4.78 is 0. The quantitative estimate of drug-likeness (QED) is 0.295. The van der Waals surface area contributed by atoms with Crippen LogP contribution in [0.3, 0.4) is 0 Å². The maximum Gasteiger partial charge on any atom is 0.248 e. The Labute approximate surface area is 251 Å². The molecule has 2 heterocycles. The summed E-state index contributed by atoms with van der Waals surface area (Å²) in [5, 5.41) is 12.2. The number of carbonyl (C=O) groups is 2. The summed E-state index contributed by atoms with van der Waals surface area (Å²) in [4.78, 5) is 33.4. The van der Waals surface area contributed by atoms with Gasteiger partial charge in [-0.2, -0.15) is 0 Å². The molecule has 6 N–H and O–H groups in total. The number of rotatable bonds is 8. The average molecular weight is 596 g/mol. The Hall–Kier alpha value is -4.44. The van der Waals surface area contributed by atoms with E-state index in [0.29, 0.717) is 0 Å². The van der Waals surface area contributed by atoms with E-state index in [0.717, 1.165) is 71.5 Å². The first-order valence-electron chi connectivity index (χ1n) is 12.5. The minimum Gasteiger partial charge on any atom is -0.412 e. The fourth-order valence-corrected chi connectivity index (χ4v) is 4.04. The molecule has 0 radical (unpaired) electrons. The largest absolute Gasteiger partial charge is 0.412 e. The van der Waals surface area contributed by atoms with Crippen LogP contribution in [0.25, 0.3) is 12.2 Å². The molecule has 11 heteroatoms. The lowest BCUT2D eigenvalue weighted by molar-refractivity contribution is -0.112. The summed E-state index contributed by atoms with van der Waals surface area (Å²) in [5.74, 6) is 1.35. The van der Waals surface area contributed by atoms with E-state index in [2.05, 4.69) is 31.3 Å². The number of amidine groups is 2. The van der Waals surface area contributed by atoms with Crippen molar-refractivity contribution in [1.29, 1.82) is 0 Å². The molecule has 214 valence electrons. The van der Waals surface area contributed by atoms with Crippen LogP contribution in [0.15, 0.2) is 94.9 Å². The minimum atomic E-state index is -0.213. The van der Waals surface area contributed by atoms with Gasteiger partial charge < -0.3 is 26.7 Å². The van der Waals surface area contributed by atoms with Crippen molar-refractivity contribution >= 4 is 71.8 Å². The predicted molar refractivity (Wildman–Crippen MR) is 172 cm³/mol. The number of anilines is 2. The van der Waals surface area contributed by atoms with Gasteiger partial charge in [0.1, 0.15) is 11.7 Å². The fraction of sp³-hybridized carbons (Fsp3) is 0.133. The first-order valence-corrected chi connectivity index (χ1v) is 12.5. The molecule has 0 bridgehead atoms. The van der Waals surface area contributed by atoms with Gasteiger partial charge in [0.15, 0.2) is 0 Å². The first kappa shape index (κ1) is 32.8. The van der Waals surface area contributed by atoms with Crippen molar-refractivity contribution in [2.24, 2.45) is 9.98 Å². The molecule has 2 aliphatic heterocycles. The minimum absolute atomic E-state index is 0. The number of halogens is 2. The summed E-state index contributed by atoms with van der Waals surface area (Å²) >= 11 is 0. The molecule has 5 rings (SSSR count). The van der Waals surface area contributed by atoms with Gasteiger partial charge in [-0.15, -0.1) is 24.8 Å². The number of hydrogen-bond donors (Lipinski definition) is 4. The zero-order chi connectivity index (χ0) is 26.2. The average Bonchev–Trinajstić information content (AvgIpc) is 3.68. The van der Waals surface area contributed by atoms with Crippen LogP contribution in [0, 0.1) is 0 Å². The molecule has 0 atom stereocenters. The second kappa shape index (κ2) is 16.0. The normalized spacial score (nSPS) is 13.6. The number of benzene rings is 3. The smallest absolute Gasteiger partial charge is 0.248 e. The van der Waals surface area contributed by atoms with Gasteiger partial charge in [0.25, 0.3) is 0 Å². The second-order valence-corrected chi connectivity index (χ2v) is 8.78. The predicted octanol–water partition coefficient (Wildman–Crippen LogP) is 3.71. The highest BCUT2D eigenvalue weighted by Gasteiger charge is 2.09. The van der Waals surface area contributed by atoms with Crippen LogP contribution in [0.5, 0.6) is 0 Å². The Morgan fingerprint density at radius 3 is 1.29 bits per heavy atom. The summed E-state index contributed by atoms with van der Waals surface area (Å²) in [7, 11) is 0. The van der Waals surface area contributed by atoms with Crippen molar-refractivity contribution < 1.29 is 15.1 Å². The zero-order valence-corrected chi connectivity index (χ0v) is 23.7. The fourth-order valence-electron chi connectivity index (χ4n) is 4.04. The number of carbonyl (C=O) groups excluding carboxylic acids is 2. The summed E-state index contributed by atoms with van der Waals surface area (Å²) in [5.41, 5.74) is 5.20. The van der Waals surface area contributed by atoms with Gasteiger partial charge in [-0.05, 0) is 71.8 Å². The Bertz CT molecular complexity index is 1320. The Kier molecular flexibility index (Phi) is 12.8. The molecule has 0 aromatic heterocycles. The van der Waals surface area contributed by atoms with Gasteiger partial charge in [0.2, 0.25) is 11.8 Å². The number of hydrogen-bond acceptors (Lipinski definition) is 6. The van der Waals surface area contributed by atoms with E-state index in [-0.39, 0.29) is 42.1 Å². The molecular weight excluding hydrogens is 563 g/mol. The molecule has 3 aromatic carbocycles. The number of nitrogens with zero attached hydrogens (tertiary/aromatic N) is 2. The van der Waals surface area contributed by atoms with Gasteiger partial charge in [-0.3, -0.25) is 19.6 Å². The van der Waals surface area contributed by atoms with E-state index in [4.69, 9.17) is 0 Å². The highest BCUT2D eigenvalue weighted by atomic mass is 35.5. The first-order chi connectivity index (χ1) is 18.6. The van der Waals surface area contributed by atoms with Gasteiger partial charge in [-0.1, -0.05) is 24.3 Å². The van der Waals surface area contributed by atoms with Crippen LogP contribution in [-0.4, -0.2) is 55.1 Å². The van der Waals surface area contributed by atoms with E-state index in [1.807, 2.05) is 72.8 Å². The summed E-state index contributed by atoms with van der Waals surface area (Å²) in [6.45, 7) is 3.29. The van der Waals surface area contributed by atoms with Crippen LogP contribution in [0.4, 0.5) is 11.4 Å². The Morgan fingerprint density at radius 2 is 0.976 bits per heavy atom. The third-order valence-corrected chi connectivity index (χ3v) is 5.99. The van der Waals surface area contributed by atoms with Crippen molar-refractivity contribution in [2.45, 2.75) is 0 Å². The van der Waals surface area contributed by atoms with E-state index in [1.54, 1.807) is 12.2 Å². The zero-order valence-electron chi connectivity index (χ0n) is 22.1. The molecule has 2 aliphatic rings. The molecule has 3 aromatic rings. The summed E-state index contributed by atoms with van der Waals surface area (Å²) in [6, 6.07) is 22.7. The number of amides is 2. The van der Waals surface area contributed by atoms with Crippen molar-refractivity contribution in [3.05, 3.63) is 107 Å². The van der Waals surface area contributed by atoms with E-state index >= 15 is 0 Å². The molecule has 41 heavy (non-hydrogen) atoms. The Morgan fingerprint density at radius 1 is 0.610 bits per heavy atom. The number of nitrogens with one attached hydrogen (secondary N) is 4. The lowest BCUT2D eigenvalue weighted by Crippen LogP contribution is -2.19. The molecule has 0 spiro atoms. The van der Waals surface area contributed by atoms with Crippen LogP contribution >= 0.6 is 24.8 Å². The van der Waals surface area contributed by atoms with Crippen molar-refractivity contribution in [1.82, 2.24) is 10.6 Å².